The van der Waals surface area contributed by atoms with Gasteiger partial charge in [0.05, 0.1) is 0 Å². The second kappa shape index (κ2) is 16.5. The molecular weight excluding hydrogens is 280 g/mol. The van der Waals surface area contributed by atoms with Crippen molar-refractivity contribution in [2.24, 2.45) is 0 Å². The molecule has 0 aromatic rings. The standard InChI is InChI=1S/C18H34O4/c1-2-3-4-8-11-14-17(22-21)15-12-9-6-5-7-10-13-16-18(19)20/h12,15,17,21H,2-11,13-14,16H2,1H3,(H,19,20)/b15-12-. The molecule has 0 heterocycles. The molecule has 0 aliphatic carbocycles. The molecule has 1 atom stereocenters. The van der Waals surface area contributed by atoms with Crippen molar-refractivity contribution in [3.8, 4) is 0 Å². The summed E-state index contributed by atoms with van der Waals surface area (Å²) in [6.07, 6.45) is 17.3. The van der Waals surface area contributed by atoms with E-state index in [0.717, 1.165) is 51.4 Å². The molecule has 0 aromatic heterocycles. The molecule has 0 fully saturated rings. The van der Waals surface area contributed by atoms with E-state index in [9.17, 15) is 4.79 Å². The fraction of sp³-hybridized carbons (Fsp3) is 0.833. The number of hydrogen-bond donors (Lipinski definition) is 2. The van der Waals surface area contributed by atoms with Crippen molar-refractivity contribution in [2.75, 3.05) is 0 Å². The summed E-state index contributed by atoms with van der Waals surface area (Å²) in [7, 11) is 0. The zero-order valence-electron chi connectivity index (χ0n) is 14.1. The van der Waals surface area contributed by atoms with E-state index in [2.05, 4.69) is 17.9 Å². The average molecular weight is 314 g/mol. The normalized spacial score (nSPS) is 12.8. The third kappa shape index (κ3) is 15.5. The lowest BCUT2D eigenvalue weighted by Gasteiger charge is -2.08. The van der Waals surface area contributed by atoms with Crippen LogP contribution in [-0.4, -0.2) is 22.4 Å². The summed E-state index contributed by atoms with van der Waals surface area (Å²) in [5.74, 6) is -0.701. The minimum absolute atomic E-state index is 0.169. The van der Waals surface area contributed by atoms with E-state index < -0.39 is 5.97 Å². The van der Waals surface area contributed by atoms with Gasteiger partial charge in [-0.1, -0.05) is 70.4 Å². The molecule has 0 aliphatic heterocycles. The van der Waals surface area contributed by atoms with Crippen LogP contribution in [0.3, 0.4) is 0 Å². The van der Waals surface area contributed by atoms with Gasteiger partial charge in [0.2, 0.25) is 0 Å². The van der Waals surface area contributed by atoms with Crippen LogP contribution in [0, 0.1) is 0 Å². The van der Waals surface area contributed by atoms with E-state index in [1.807, 2.05) is 6.08 Å². The predicted molar refractivity (Wildman–Crippen MR) is 90.0 cm³/mol. The first-order chi connectivity index (χ1) is 10.7. The lowest BCUT2D eigenvalue weighted by atomic mass is 10.1. The van der Waals surface area contributed by atoms with Crippen molar-refractivity contribution in [1.82, 2.24) is 0 Å². The molecule has 0 saturated carbocycles. The minimum Gasteiger partial charge on any atom is -0.481 e. The Morgan fingerprint density at radius 3 is 2.32 bits per heavy atom. The second-order valence-electron chi connectivity index (χ2n) is 5.98. The number of allylic oxidation sites excluding steroid dienone is 1. The van der Waals surface area contributed by atoms with Crippen molar-refractivity contribution < 1.29 is 20.0 Å². The maximum Gasteiger partial charge on any atom is 0.303 e. The van der Waals surface area contributed by atoms with E-state index in [1.165, 1.54) is 25.7 Å². The third-order valence-corrected chi connectivity index (χ3v) is 3.84. The van der Waals surface area contributed by atoms with Gasteiger partial charge in [0.25, 0.3) is 0 Å². The fourth-order valence-corrected chi connectivity index (χ4v) is 2.45. The van der Waals surface area contributed by atoms with Crippen LogP contribution in [0.2, 0.25) is 0 Å². The number of carboxylic acid groups (broad SMARTS) is 1. The van der Waals surface area contributed by atoms with Gasteiger partial charge >= 0.3 is 5.97 Å². The minimum atomic E-state index is -0.701. The van der Waals surface area contributed by atoms with Crippen LogP contribution in [0.15, 0.2) is 12.2 Å². The van der Waals surface area contributed by atoms with Gasteiger partial charge in [-0.15, -0.1) is 0 Å². The summed E-state index contributed by atoms with van der Waals surface area (Å²) in [5.41, 5.74) is 0. The Morgan fingerprint density at radius 1 is 1.00 bits per heavy atom. The van der Waals surface area contributed by atoms with Gasteiger partial charge in [-0.25, -0.2) is 4.89 Å². The maximum absolute atomic E-state index is 10.4. The number of carbonyl (C=O) groups is 1. The third-order valence-electron chi connectivity index (χ3n) is 3.84. The highest BCUT2D eigenvalue weighted by atomic mass is 17.1. The largest absolute Gasteiger partial charge is 0.481 e. The fourth-order valence-electron chi connectivity index (χ4n) is 2.45. The number of unbranched alkanes of at least 4 members (excludes halogenated alkanes) is 9. The van der Waals surface area contributed by atoms with Gasteiger partial charge in [0.15, 0.2) is 0 Å². The van der Waals surface area contributed by atoms with Gasteiger partial charge < -0.3 is 5.11 Å². The van der Waals surface area contributed by atoms with Crippen LogP contribution < -0.4 is 0 Å². The molecule has 2 N–H and O–H groups in total. The van der Waals surface area contributed by atoms with Crippen LogP contribution in [0.4, 0.5) is 0 Å². The van der Waals surface area contributed by atoms with Crippen molar-refractivity contribution in [3.63, 3.8) is 0 Å². The first-order valence-electron chi connectivity index (χ1n) is 8.89. The summed E-state index contributed by atoms with van der Waals surface area (Å²) >= 11 is 0. The molecule has 0 aliphatic rings. The zero-order chi connectivity index (χ0) is 16.5. The van der Waals surface area contributed by atoms with Crippen LogP contribution in [-0.2, 0) is 9.68 Å². The number of aliphatic carboxylic acids is 1. The van der Waals surface area contributed by atoms with Crippen LogP contribution in [0.25, 0.3) is 0 Å². The maximum atomic E-state index is 10.4. The second-order valence-corrected chi connectivity index (χ2v) is 5.98. The van der Waals surface area contributed by atoms with Gasteiger partial charge in [-0.2, -0.15) is 0 Å². The first kappa shape index (κ1) is 21.1. The number of rotatable bonds is 16. The van der Waals surface area contributed by atoms with Gasteiger partial charge in [-0.3, -0.25) is 10.1 Å². The Hall–Kier alpha value is -0.870. The van der Waals surface area contributed by atoms with Crippen LogP contribution in [0.1, 0.15) is 90.4 Å². The molecule has 0 saturated heterocycles. The summed E-state index contributed by atoms with van der Waals surface area (Å²) in [6.45, 7) is 2.20. The van der Waals surface area contributed by atoms with Gasteiger partial charge in [-0.05, 0) is 25.7 Å². The molecule has 4 heteroatoms. The van der Waals surface area contributed by atoms with E-state index >= 15 is 0 Å². The molecule has 130 valence electrons. The summed E-state index contributed by atoms with van der Waals surface area (Å²) in [5, 5.41) is 17.4. The summed E-state index contributed by atoms with van der Waals surface area (Å²) < 4.78 is 0. The van der Waals surface area contributed by atoms with Crippen molar-refractivity contribution in [3.05, 3.63) is 12.2 Å². The Balaban J connectivity index is 3.45. The summed E-state index contributed by atoms with van der Waals surface area (Å²) in [4.78, 5) is 14.8. The molecule has 0 bridgehead atoms. The lowest BCUT2D eigenvalue weighted by Crippen LogP contribution is -2.06. The Kier molecular flexibility index (Phi) is 15.8. The SMILES string of the molecule is CCCCCCCC(/C=C\CCCCCCCC(=O)O)OO. The quantitative estimate of drug-likeness (QED) is 0.169. The average Bonchev–Trinajstić information content (AvgIpc) is 2.50. The van der Waals surface area contributed by atoms with E-state index in [0.29, 0.717) is 0 Å². The molecule has 0 rings (SSSR count). The molecule has 0 spiro atoms. The monoisotopic (exact) mass is 314 g/mol. The molecule has 1 unspecified atom stereocenters. The van der Waals surface area contributed by atoms with Crippen molar-refractivity contribution in [1.29, 1.82) is 0 Å². The van der Waals surface area contributed by atoms with E-state index in [4.69, 9.17) is 10.4 Å². The van der Waals surface area contributed by atoms with Crippen LogP contribution >= 0.6 is 0 Å². The van der Waals surface area contributed by atoms with E-state index in [-0.39, 0.29) is 12.5 Å². The Labute approximate surface area is 135 Å². The Morgan fingerprint density at radius 2 is 1.64 bits per heavy atom. The van der Waals surface area contributed by atoms with Gasteiger partial charge in [0.1, 0.15) is 6.10 Å². The zero-order valence-corrected chi connectivity index (χ0v) is 14.1. The summed E-state index contributed by atoms with van der Waals surface area (Å²) in [6, 6.07) is 0. The predicted octanol–water partition coefficient (Wildman–Crippen LogP) is 5.58. The van der Waals surface area contributed by atoms with Crippen molar-refractivity contribution >= 4 is 5.97 Å². The van der Waals surface area contributed by atoms with Gasteiger partial charge in [0, 0.05) is 6.42 Å². The van der Waals surface area contributed by atoms with E-state index in [1.54, 1.807) is 0 Å². The highest BCUT2D eigenvalue weighted by Gasteiger charge is 2.03. The lowest BCUT2D eigenvalue weighted by molar-refractivity contribution is -0.267. The molecule has 4 nitrogen and oxygen atoms in total. The molecule has 0 radical (unpaired) electrons. The van der Waals surface area contributed by atoms with Crippen molar-refractivity contribution in [2.45, 2.75) is 96.5 Å². The molecule has 0 aromatic carbocycles. The molecular formula is C18H34O4. The highest BCUT2D eigenvalue weighted by molar-refractivity contribution is 5.66. The smallest absolute Gasteiger partial charge is 0.303 e. The molecule has 0 amide bonds. The first-order valence-corrected chi connectivity index (χ1v) is 8.89. The van der Waals surface area contributed by atoms with Crippen LogP contribution in [0.5, 0.6) is 0 Å². The number of carboxylic acids is 1. The number of hydrogen-bond acceptors (Lipinski definition) is 3. The topological polar surface area (TPSA) is 66.8 Å². The Bertz CT molecular complexity index is 276. The molecule has 22 heavy (non-hydrogen) atoms. The highest BCUT2D eigenvalue weighted by Crippen LogP contribution is 2.11.